The summed E-state index contributed by atoms with van der Waals surface area (Å²) in [6.45, 7) is 4.59. The fourth-order valence-corrected chi connectivity index (χ4v) is 5.46. The molecule has 0 unspecified atom stereocenters. The number of rotatable bonds is 7. The first-order valence-electron chi connectivity index (χ1n) is 11.3. The molecule has 2 amide bonds. The molecule has 1 aromatic carbocycles. The van der Waals surface area contributed by atoms with Crippen LogP contribution >= 0.6 is 0 Å². The summed E-state index contributed by atoms with van der Waals surface area (Å²) in [5.74, 6) is -2.18. The number of nitrogens with zero attached hydrogens (tertiary/aromatic N) is 1. The molecule has 6 nitrogen and oxygen atoms in total. The van der Waals surface area contributed by atoms with Gasteiger partial charge in [0.05, 0.1) is 31.2 Å². The van der Waals surface area contributed by atoms with Gasteiger partial charge < -0.3 is 14.9 Å². The Morgan fingerprint density at radius 2 is 2.06 bits per heavy atom. The van der Waals surface area contributed by atoms with Crippen LogP contribution in [0.1, 0.15) is 45.1 Å². The quantitative estimate of drug-likeness (QED) is 0.498. The Kier molecular flexibility index (Phi) is 6.49. The third-order valence-electron chi connectivity index (χ3n) is 6.92. The van der Waals surface area contributed by atoms with Crippen molar-refractivity contribution in [2.24, 2.45) is 17.8 Å². The second kappa shape index (κ2) is 9.16. The van der Waals surface area contributed by atoms with E-state index in [1.807, 2.05) is 19.9 Å². The molecule has 3 aliphatic rings. The van der Waals surface area contributed by atoms with Gasteiger partial charge in [-0.15, -0.1) is 0 Å². The number of phenolic OH excluding ortho intramolecular Hbond substituents is 1. The number of hydrogen-bond acceptors (Lipinski definition) is 5. The Balaban J connectivity index is 1.50. The predicted octanol–water partition coefficient (Wildman–Crippen LogP) is 3.43. The minimum Gasteiger partial charge on any atom is -0.505 e. The molecule has 32 heavy (non-hydrogen) atoms. The van der Waals surface area contributed by atoms with Crippen molar-refractivity contribution in [2.45, 2.75) is 45.6 Å². The van der Waals surface area contributed by atoms with Gasteiger partial charge in [0.15, 0.2) is 11.6 Å². The topological polar surface area (TPSA) is 87.1 Å². The zero-order valence-corrected chi connectivity index (χ0v) is 18.5. The molecule has 2 aliphatic heterocycles. The molecule has 0 saturated carbocycles. The van der Waals surface area contributed by atoms with Gasteiger partial charge >= 0.3 is 0 Å². The van der Waals surface area contributed by atoms with Gasteiger partial charge in [0.2, 0.25) is 11.8 Å². The Labute approximate surface area is 187 Å². The zero-order chi connectivity index (χ0) is 23.0. The lowest BCUT2D eigenvalue weighted by Gasteiger charge is -2.31. The van der Waals surface area contributed by atoms with E-state index in [2.05, 4.69) is 0 Å². The Hall–Kier alpha value is -2.51. The molecule has 4 rings (SSSR count). The van der Waals surface area contributed by atoms with Gasteiger partial charge in [-0.3, -0.25) is 14.5 Å². The molecular weight excluding hydrogens is 413 g/mol. The van der Waals surface area contributed by atoms with Gasteiger partial charge in [0.1, 0.15) is 0 Å². The van der Waals surface area contributed by atoms with Crippen LogP contribution in [-0.4, -0.2) is 52.8 Å². The molecule has 2 N–H and O–H groups in total. The smallest absolute Gasteiger partial charge is 0.233 e. The maximum atomic E-state index is 13.6. The van der Waals surface area contributed by atoms with Crippen LogP contribution in [0.4, 0.5) is 4.39 Å². The van der Waals surface area contributed by atoms with Crippen molar-refractivity contribution >= 4 is 17.9 Å². The van der Waals surface area contributed by atoms with Gasteiger partial charge in [-0.05, 0) is 61.4 Å². The average molecular weight is 444 g/mol. The summed E-state index contributed by atoms with van der Waals surface area (Å²) in [4.78, 5) is 27.2. The number of likely N-dealkylation sites (tertiary alicyclic amines) is 1. The molecule has 7 heteroatoms. The molecule has 1 aromatic rings. The van der Waals surface area contributed by atoms with E-state index >= 15 is 0 Å². The molecule has 2 saturated heterocycles. The first-order valence-corrected chi connectivity index (χ1v) is 11.3. The second-order valence-corrected chi connectivity index (χ2v) is 9.05. The van der Waals surface area contributed by atoms with Crippen molar-refractivity contribution in [1.82, 2.24) is 4.90 Å². The highest BCUT2D eigenvalue weighted by atomic mass is 19.1. The van der Waals surface area contributed by atoms with E-state index in [0.29, 0.717) is 38.0 Å². The number of carbonyl (C=O) groups is 2. The number of phenols is 1. The maximum Gasteiger partial charge on any atom is 0.233 e. The average Bonchev–Trinajstić information content (AvgIpc) is 3.29. The van der Waals surface area contributed by atoms with Crippen LogP contribution in [0.25, 0.3) is 6.08 Å². The first-order chi connectivity index (χ1) is 15.3. The third kappa shape index (κ3) is 3.99. The number of allylic oxidation sites excluding steroid dienone is 1. The number of fused-ring (bicyclic) bond motifs is 3. The molecule has 2 heterocycles. The van der Waals surface area contributed by atoms with E-state index in [4.69, 9.17) is 4.74 Å². The summed E-state index contributed by atoms with van der Waals surface area (Å²) in [6.07, 6.45) is 4.19. The number of carbonyl (C=O) groups excluding carboxylic acids is 2. The Morgan fingerprint density at radius 3 is 2.75 bits per heavy atom. The molecule has 4 atom stereocenters. The van der Waals surface area contributed by atoms with E-state index in [1.165, 1.54) is 17.0 Å². The Bertz CT molecular complexity index is 985. The molecule has 1 aliphatic carbocycles. The lowest BCUT2D eigenvalue weighted by atomic mass is 9.69. The fourth-order valence-electron chi connectivity index (χ4n) is 5.46. The van der Waals surface area contributed by atoms with Crippen LogP contribution in [0.3, 0.4) is 0 Å². The number of aromatic hydroxyl groups is 1. The largest absolute Gasteiger partial charge is 0.505 e. The van der Waals surface area contributed by atoms with Crippen LogP contribution in [0, 0.1) is 23.6 Å². The monoisotopic (exact) mass is 443 g/mol. The van der Waals surface area contributed by atoms with Gasteiger partial charge in [-0.25, -0.2) is 4.39 Å². The van der Waals surface area contributed by atoms with E-state index in [9.17, 15) is 24.2 Å². The number of amides is 2. The molecule has 0 radical (unpaired) electrons. The summed E-state index contributed by atoms with van der Waals surface area (Å²) in [5, 5.41) is 19.4. The molecule has 0 bridgehead atoms. The summed E-state index contributed by atoms with van der Waals surface area (Å²) in [6, 6.07) is 4.28. The summed E-state index contributed by atoms with van der Waals surface area (Å²) < 4.78 is 19.7. The van der Waals surface area contributed by atoms with Crippen molar-refractivity contribution in [3.8, 4) is 5.75 Å². The van der Waals surface area contributed by atoms with Crippen LogP contribution in [-0.2, 0) is 14.3 Å². The summed E-state index contributed by atoms with van der Waals surface area (Å²) in [5.41, 5.74) is 3.53. The fraction of sp³-hybridized carbons (Fsp3) is 0.520. The minimum absolute atomic E-state index is 0.101. The number of aliphatic hydroxyl groups excluding tert-OH is 1. The van der Waals surface area contributed by atoms with Gasteiger partial charge in [-0.2, -0.15) is 0 Å². The molecule has 172 valence electrons. The summed E-state index contributed by atoms with van der Waals surface area (Å²) >= 11 is 0. The van der Waals surface area contributed by atoms with E-state index in [0.717, 1.165) is 23.1 Å². The molecular formula is C25H30FNO5. The highest BCUT2D eigenvalue weighted by Gasteiger charge is 2.56. The predicted molar refractivity (Wildman–Crippen MR) is 117 cm³/mol. The van der Waals surface area contributed by atoms with Gasteiger partial charge in [0, 0.05) is 12.5 Å². The second-order valence-electron chi connectivity index (χ2n) is 9.05. The summed E-state index contributed by atoms with van der Waals surface area (Å²) in [7, 11) is 0. The zero-order valence-electron chi connectivity index (χ0n) is 18.5. The molecule has 0 aromatic heterocycles. The number of benzene rings is 1. The standard InChI is InChI=1S/C25H30FNO5/c1-3-8-27-24(30)17-11-16(12-28)22-18(23(17)25(27)31)13-32-21(22)7-4-14(2)9-15-5-6-20(29)19(26)10-15/h5-6,9-10,17-18,21,23,28-29H,3-4,7-8,11-13H2,1-2H3/b14-9+/t17-,18+,21-,23-/m1/s1. The van der Waals surface area contributed by atoms with E-state index in [-0.39, 0.29) is 42.1 Å². The Morgan fingerprint density at radius 1 is 1.28 bits per heavy atom. The van der Waals surface area contributed by atoms with Crippen molar-refractivity contribution in [2.75, 3.05) is 19.8 Å². The SMILES string of the molecule is CCCN1C(=O)[C@@H]2[C@@H](CC(CO)=C3[C@@H](CC/C(C)=C/c4ccc(O)c(F)c4)OC[C@@H]32)C1=O. The maximum absolute atomic E-state index is 13.6. The third-order valence-corrected chi connectivity index (χ3v) is 6.92. The van der Waals surface area contributed by atoms with Crippen LogP contribution in [0.15, 0.2) is 34.9 Å². The highest BCUT2D eigenvalue weighted by Crippen LogP contribution is 2.49. The van der Waals surface area contributed by atoms with E-state index in [1.54, 1.807) is 6.07 Å². The lowest BCUT2D eigenvalue weighted by Crippen LogP contribution is -2.35. The highest BCUT2D eigenvalue weighted by molar-refractivity contribution is 6.05. The van der Waals surface area contributed by atoms with Crippen molar-refractivity contribution in [3.05, 3.63) is 46.3 Å². The van der Waals surface area contributed by atoms with Crippen molar-refractivity contribution in [1.29, 1.82) is 0 Å². The number of aliphatic hydroxyl groups is 1. The van der Waals surface area contributed by atoms with E-state index < -0.39 is 11.7 Å². The lowest BCUT2D eigenvalue weighted by molar-refractivity contribution is -0.140. The number of halogens is 1. The van der Waals surface area contributed by atoms with Crippen molar-refractivity contribution in [3.63, 3.8) is 0 Å². The van der Waals surface area contributed by atoms with Crippen LogP contribution in [0.2, 0.25) is 0 Å². The number of imide groups is 1. The van der Waals surface area contributed by atoms with Gasteiger partial charge in [-0.1, -0.05) is 24.6 Å². The van der Waals surface area contributed by atoms with Crippen LogP contribution in [0.5, 0.6) is 5.75 Å². The number of hydrogen-bond donors (Lipinski definition) is 2. The normalized spacial score (nSPS) is 27.9. The molecule has 0 spiro atoms. The first kappa shape index (κ1) is 22.7. The van der Waals surface area contributed by atoms with Crippen LogP contribution < -0.4 is 0 Å². The number of ether oxygens (including phenoxy) is 1. The van der Waals surface area contributed by atoms with Crippen molar-refractivity contribution < 1.29 is 28.9 Å². The van der Waals surface area contributed by atoms with Gasteiger partial charge in [0.25, 0.3) is 0 Å². The minimum atomic E-state index is -0.657. The molecule has 2 fully saturated rings.